The fourth-order valence-electron chi connectivity index (χ4n) is 3.97. The minimum absolute atomic E-state index is 0.0179. The summed E-state index contributed by atoms with van der Waals surface area (Å²) in [5.41, 5.74) is 2.44. The minimum atomic E-state index is -0.822. The molecule has 0 aliphatic carbocycles. The Bertz CT molecular complexity index is 1310. The number of nitrogens with zero attached hydrogens (tertiary/aromatic N) is 3. The largest absolute Gasteiger partial charge is 0.507 e. The highest BCUT2D eigenvalue weighted by molar-refractivity contribution is 6.46. The van der Waals surface area contributed by atoms with Crippen LogP contribution in [0, 0.1) is 0 Å². The average Bonchev–Trinajstić information content (AvgIpc) is 3.35. The van der Waals surface area contributed by atoms with Crippen molar-refractivity contribution in [3.8, 4) is 0 Å². The highest BCUT2D eigenvalue weighted by Crippen LogP contribution is 2.40. The summed E-state index contributed by atoms with van der Waals surface area (Å²) in [5.74, 6) is -1.66. The predicted molar refractivity (Wildman–Crippen MR) is 115 cm³/mol. The Morgan fingerprint density at radius 2 is 1.71 bits per heavy atom. The van der Waals surface area contributed by atoms with E-state index in [-0.39, 0.29) is 17.9 Å². The maximum absolute atomic E-state index is 13.1. The number of aliphatic hydroxyl groups excluding tert-OH is 1. The summed E-state index contributed by atoms with van der Waals surface area (Å²) in [6.45, 7) is 0.122. The molecule has 3 aromatic heterocycles. The predicted octanol–water partition coefficient (Wildman–Crippen LogP) is 3.58. The number of para-hydroxylation sites is 1. The molecule has 0 radical (unpaired) electrons. The quantitative estimate of drug-likeness (QED) is 0.304. The van der Waals surface area contributed by atoms with Crippen molar-refractivity contribution in [1.82, 2.24) is 19.9 Å². The minimum Gasteiger partial charge on any atom is -0.507 e. The van der Waals surface area contributed by atoms with Gasteiger partial charge in [-0.25, -0.2) is 0 Å². The molecule has 4 heterocycles. The lowest BCUT2D eigenvalue weighted by molar-refractivity contribution is -0.140. The molecule has 1 saturated heterocycles. The van der Waals surface area contributed by atoms with Crippen molar-refractivity contribution in [2.24, 2.45) is 0 Å². The van der Waals surface area contributed by atoms with Crippen molar-refractivity contribution in [3.05, 3.63) is 102 Å². The van der Waals surface area contributed by atoms with E-state index in [9.17, 15) is 14.7 Å². The van der Waals surface area contributed by atoms with Gasteiger partial charge in [0.1, 0.15) is 11.8 Å². The summed E-state index contributed by atoms with van der Waals surface area (Å²) in [6, 6.07) is 17.3. The third kappa shape index (κ3) is 3.16. The Morgan fingerprint density at radius 3 is 2.45 bits per heavy atom. The van der Waals surface area contributed by atoms with E-state index in [2.05, 4.69) is 15.0 Å². The van der Waals surface area contributed by atoms with Crippen molar-refractivity contribution in [3.63, 3.8) is 0 Å². The summed E-state index contributed by atoms with van der Waals surface area (Å²) < 4.78 is 0. The third-order valence-electron chi connectivity index (χ3n) is 5.41. The van der Waals surface area contributed by atoms with Gasteiger partial charge in [-0.2, -0.15) is 0 Å². The standard InChI is InChI=1S/C24H18N4O3/c29-22(17-13-27-18-9-2-1-8-16(17)18)20-21(19-10-4-6-12-26-19)28(24(31)23(20)30)14-15-7-3-5-11-25-15/h1-13,21,27,29H,14H2/b22-20-. The number of aromatic nitrogens is 3. The van der Waals surface area contributed by atoms with Gasteiger partial charge in [-0.05, 0) is 30.3 Å². The van der Waals surface area contributed by atoms with E-state index in [1.54, 1.807) is 48.9 Å². The molecular formula is C24H18N4O3. The van der Waals surface area contributed by atoms with Crippen LogP contribution in [-0.2, 0) is 16.1 Å². The van der Waals surface area contributed by atoms with Crippen LogP contribution in [-0.4, -0.2) is 36.6 Å². The SMILES string of the molecule is O=C1C(=O)N(Cc2ccccn2)C(c2ccccn2)/C1=C(/O)c1c[nH]c2ccccc12. The molecule has 7 heteroatoms. The van der Waals surface area contributed by atoms with Crippen LogP contribution in [0.1, 0.15) is 23.0 Å². The lowest BCUT2D eigenvalue weighted by Gasteiger charge is -2.24. The Morgan fingerprint density at radius 1 is 0.968 bits per heavy atom. The number of H-pyrrole nitrogens is 1. The van der Waals surface area contributed by atoms with Gasteiger partial charge < -0.3 is 15.0 Å². The first kappa shape index (κ1) is 18.7. The molecule has 1 aromatic carbocycles. The molecule has 1 amide bonds. The highest BCUT2D eigenvalue weighted by Gasteiger charge is 2.47. The van der Waals surface area contributed by atoms with E-state index >= 15 is 0 Å². The molecule has 1 unspecified atom stereocenters. The highest BCUT2D eigenvalue weighted by atomic mass is 16.3. The lowest BCUT2D eigenvalue weighted by Crippen LogP contribution is -2.29. The molecule has 2 N–H and O–H groups in total. The van der Waals surface area contributed by atoms with Crippen molar-refractivity contribution in [2.75, 3.05) is 0 Å². The topological polar surface area (TPSA) is 99.2 Å². The zero-order chi connectivity index (χ0) is 21.4. The number of likely N-dealkylation sites (tertiary alicyclic amines) is 1. The van der Waals surface area contributed by atoms with E-state index in [0.29, 0.717) is 17.0 Å². The molecule has 0 saturated carbocycles. The molecule has 5 rings (SSSR count). The van der Waals surface area contributed by atoms with Crippen molar-refractivity contribution in [2.45, 2.75) is 12.6 Å². The van der Waals surface area contributed by atoms with E-state index in [1.165, 1.54) is 4.90 Å². The van der Waals surface area contributed by atoms with Gasteiger partial charge in [0.15, 0.2) is 0 Å². The Balaban J connectivity index is 1.68. The fraction of sp³-hybridized carbons (Fsp3) is 0.0833. The Hall–Kier alpha value is -4.26. The summed E-state index contributed by atoms with van der Waals surface area (Å²) in [6.07, 6.45) is 4.87. The molecule has 1 atom stereocenters. The van der Waals surface area contributed by atoms with Crippen LogP contribution in [0.15, 0.2) is 84.8 Å². The van der Waals surface area contributed by atoms with Crippen LogP contribution in [0.3, 0.4) is 0 Å². The summed E-state index contributed by atoms with van der Waals surface area (Å²) in [7, 11) is 0. The molecule has 1 aliphatic heterocycles. The maximum Gasteiger partial charge on any atom is 0.296 e. The monoisotopic (exact) mass is 410 g/mol. The molecule has 0 spiro atoms. The van der Waals surface area contributed by atoms with Gasteiger partial charge in [0.05, 0.1) is 23.5 Å². The number of aliphatic hydroxyl groups is 1. The Labute approximate surface area is 177 Å². The average molecular weight is 410 g/mol. The van der Waals surface area contributed by atoms with Gasteiger partial charge in [-0.15, -0.1) is 0 Å². The van der Waals surface area contributed by atoms with E-state index in [0.717, 1.165) is 10.9 Å². The normalized spacial score (nSPS) is 18.1. The molecule has 4 aromatic rings. The number of ketones is 1. The van der Waals surface area contributed by atoms with E-state index in [1.807, 2.05) is 30.3 Å². The zero-order valence-electron chi connectivity index (χ0n) is 16.4. The number of fused-ring (bicyclic) bond motifs is 1. The fourth-order valence-corrected chi connectivity index (χ4v) is 3.97. The van der Waals surface area contributed by atoms with Crippen LogP contribution in [0.5, 0.6) is 0 Å². The molecule has 1 aliphatic rings. The zero-order valence-corrected chi connectivity index (χ0v) is 16.4. The van der Waals surface area contributed by atoms with Gasteiger partial charge in [0, 0.05) is 35.1 Å². The van der Waals surface area contributed by atoms with Crippen LogP contribution >= 0.6 is 0 Å². The van der Waals surface area contributed by atoms with E-state index in [4.69, 9.17) is 0 Å². The van der Waals surface area contributed by atoms with Gasteiger partial charge in [0.25, 0.3) is 11.7 Å². The van der Waals surface area contributed by atoms with Crippen LogP contribution in [0.4, 0.5) is 0 Å². The van der Waals surface area contributed by atoms with E-state index < -0.39 is 17.7 Å². The molecule has 0 bridgehead atoms. The van der Waals surface area contributed by atoms with Crippen LogP contribution in [0.25, 0.3) is 16.7 Å². The molecule has 1 fully saturated rings. The molecular weight excluding hydrogens is 392 g/mol. The molecule has 31 heavy (non-hydrogen) atoms. The van der Waals surface area contributed by atoms with Crippen LogP contribution < -0.4 is 0 Å². The number of aromatic amines is 1. The number of benzene rings is 1. The number of rotatable bonds is 4. The summed E-state index contributed by atoms with van der Waals surface area (Å²) in [4.78, 5) is 39.3. The number of hydrogen-bond donors (Lipinski definition) is 2. The second-order valence-electron chi connectivity index (χ2n) is 7.25. The second kappa shape index (κ2) is 7.53. The first-order valence-electron chi connectivity index (χ1n) is 9.81. The Kier molecular flexibility index (Phi) is 4.55. The van der Waals surface area contributed by atoms with Gasteiger partial charge in [0.2, 0.25) is 0 Å². The lowest BCUT2D eigenvalue weighted by atomic mass is 9.98. The number of carbonyl (C=O) groups is 2. The molecule has 7 nitrogen and oxygen atoms in total. The number of hydrogen-bond acceptors (Lipinski definition) is 5. The number of Topliss-reactive ketones (excluding diaryl/α,β-unsaturated/α-hetero) is 1. The summed E-state index contributed by atoms with van der Waals surface area (Å²) >= 11 is 0. The number of amides is 1. The maximum atomic E-state index is 13.1. The van der Waals surface area contributed by atoms with Gasteiger partial charge >= 0.3 is 0 Å². The second-order valence-corrected chi connectivity index (χ2v) is 7.25. The van der Waals surface area contributed by atoms with Gasteiger partial charge in [-0.3, -0.25) is 19.6 Å². The van der Waals surface area contributed by atoms with Crippen molar-refractivity contribution < 1.29 is 14.7 Å². The number of carbonyl (C=O) groups excluding carboxylic acids is 2. The van der Waals surface area contributed by atoms with Gasteiger partial charge in [-0.1, -0.05) is 30.3 Å². The number of pyridine rings is 2. The van der Waals surface area contributed by atoms with Crippen molar-refractivity contribution >= 4 is 28.4 Å². The number of nitrogens with one attached hydrogen (secondary N) is 1. The smallest absolute Gasteiger partial charge is 0.296 e. The van der Waals surface area contributed by atoms with Crippen LogP contribution in [0.2, 0.25) is 0 Å². The van der Waals surface area contributed by atoms with Crippen molar-refractivity contribution in [1.29, 1.82) is 0 Å². The third-order valence-corrected chi connectivity index (χ3v) is 5.41. The first-order valence-corrected chi connectivity index (χ1v) is 9.81. The summed E-state index contributed by atoms with van der Waals surface area (Å²) in [5, 5.41) is 12.0. The molecule has 152 valence electrons. The first-order chi connectivity index (χ1) is 15.1.